The van der Waals surface area contributed by atoms with Gasteiger partial charge in [-0.25, -0.2) is 4.99 Å². The molecule has 0 N–H and O–H groups in total. The zero-order valence-corrected chi connectivity index (χ0v) is 23.8. The number of ether oxygens (including phenoxy) is 1. The molecule has 0 unspecified atom stereocenters. The van der Waals surface area contributed by atoms with Gasteiger partial charge in [0.2, 0.25) is 0 Å². The topological polar surface area (TPSA) is 99.9 Å². The van der Waals surface area contributed by atoms with Gasteiger partial charge in [-0.15, -0.1) is 0 Å². The molecule has 8 nitrogen and oxygen atoms in total. The molecule has 3 heterocycles. The maximum Gasteiger partial charge on any atom is 0.271 e. The molecule has 2 aliphatic rings. The van der Waals surface area contributed by atoms with Crippen LogP contribution >= 0.6 is 22.9 Å². The van der Waals surface area contributed by atoms with Crippen LogP contribution in [0, 0.1) is 10.1 Å². The van der Waals surface area contributed by atoms with E-state index in [9.17, 15) is 14.9 Å². The molecule has 0 saturated heterocycles. The SMILES string of the molecule is COc1cccc([C@@H]2C3=C(N=c4s/c(=C/c5ccc(-c6ccc([N+](=O)[O-])cc6Cl)o5)c(=O)n42)c2ccccc2CC3)c1. The first kappa shape index (κ1) is 26.2. The molecule has 10 heteroatoms. The number of furan rings is 1. The number of nitro benzene ring substituents is 1. The Balaban J connectivity index is 1.37. The van der Waals surface area contributed by atoms with Crippen LogP contribution in [0.25, 0.3) is 23.1 Å². The van der Waals surface area contributed by atoms with Gasteiger partial charge in [0.15, 0.2) is 4.80 Å². The fourth-order valence-electron chi connectivity index (χ4n) is 5.66. The summed E-state index contributed by atoms with van der Waals surface area (Å²) in [7, 11) is 1.63. The van der Waals surface area contributed by atoms with Crippen LogP contribution in [0.2, 0.25) is 5.02 Å². The maximum absolute atomic E-state index is 14.0. The molecule has 5 aromatic rings. The van der Waals surface area contributed by atoms with E-state index in [0.717, 1.165) is 41.0 Å². The highest BCUT2D eigenvalue weighted by atomic mass is 35.5. The maximum atomic E-state index is 14.0. The van der Waals surface area contributed by atoms with Crippen LogP contribution in [0.15, 0.2) is 98.6 Å². The molecule has 0 bridgehead atoms. The van der Waals surface area contributed by atoms with Crippen molar-refractivity contribution in [2.45, 2.75) is 18.9 Å². The Morgan fingerprint density at radius 1 is 1.07 bits per heavy atom. The third-order valence-electron chi connectivity index (χ3n) is 7.61. The Labute approximate surface area is 248 Å². The van der Waals surface area contributed by atoms with Crippen molar-refractivity contribution in [1.29, 1.82) is 0 Å². The quantitative estimate of drug-likeness (QED) is 0.179. The summed E-state index contributed by atoms with van der Waals surface area (Å²) >= 11 is 7.62. The molecule has 0 spiro atoms. The smallest absolute Gasteiger partial charge is 0.271 e. The summed E-state index contributed by atoms with van der Waals surface area (Å²) < 4.78 is 13.8. The Morgan fingerprint density at radius 2 is 1.93 bits per heavy atom. The molecule has 0 amide bonds. The number of hydrogen-bond acceptors (Lipinski definition) is 7. The lowest BCUT2D eigenvalue weighted by molar-refractivity contribution is -0.384. The number of methoxy groups -OCH3 is 1. The van der Waals surface area contributed by atoms with Crippen LogP contribution in [-0.4, -0.2) is 16.6 Å². The van der Waals surface area contributed by atoms with Crippen LogP contribution in [0.3, 0.4) is 0 Å². The first-order valence-corrected chi connectivity index (χ1v) is 14.4. The molecular weight excluding hydrogens is 574 g/mol. The number of aromatic nitrogens is 1. The molecule has 1 aliphatic heterocycles. The number of thiazole rings is 1. The van der Waals surface area contributed by atoms with E-state index in [4.69, 9.17) is 25.7 Å². The fourth-order valence-corrected chi connectivity index (χ4v) is 6.90. The van der Waals surface area contributed by atoms with Crippen LogP contribution in [0.4, 0.5) is 5.69 Å². The third kappa shape index (κ3) is 4.38. The van der Waals surface area contributed by atoms with Crippen molar-refractivity contribution in [3.8, 4) is 17.1 Å². The average Bonchev–Trinajstić information content (AvgIpc) is 3.59. The highest BCUT2D eigenvalue weighted by Crippen LogP contribution is 2.41. The number of hydrogen-bond donors (Lipinski definition) is 0. The molecule has 1 atom stereocenters. The van der Waals surface area contributed by atoms with Crippen molar-refractivity contribution in [3.63, 3.8) is 0 Å². The molecule has 208 valence electrons. The predicted octanol–water partition coefficient (Wildman–Crippen LogP) is 6.15. The lowest BCUT2D eigenvalue weighted by Gasteiger charge is -2.31. The molecule has 0 radical (unpaired) electrons. The second-order valence-corrected chi connectivity index (χ2v) is 11.4. The van der Waals surface area contributed by atoms with Crippen molar-refractivity contribution in [1.82, 2.24) is 4.57 Å². The molecule has 0 saturated carbocycles. The molecule has 7 rings (SSSR count). The van der Waals surface area contributed by atoms with Crippen molar-refractivity contribution in [3.05, 3.63) is 142 Å². The van der Waals surface area contributed by atoms with E-state index in [0.29, 0.717) is 26.4 Å². The van der Waals surface area contributed by atoms with Gasteiger partial charge in [-0.1, -0.05) is 59.3 Å². The molecule has 2 aromatic heterocycles. The van der Waals surface area contributed by atoms with Gasteiger partial charge >= 0.3 is 0 Å². The van der Waals surface area contributed by atoms with E-state index in [1.165, 1.54) is 29.0 Å². The lowest BCUT2D eigenvalue weighted by Crippen LogP contribution is -2.38. The summed E-state index contributed by atoms with van der Waals surface area (Å²) in [6.07, 6.45) is 3.36. The largest absolute Gasteiger partial charge is 0.497 e. The minimum atomic E-state index is -0.502. The summed E-state index contributed by atoms with van der Waals surface area (Å²) in [4.78, 5) is 30.2. The number of nitro groups is 1. The number of aryl methyl sites for hydroxylation is 1. The Morgan fingerprint density at radius 3 is 2.74 bits per heavy atom. The Hall–Kier alpha value is -4.73. The van der Waals surface area contributed by atoms with E-state index in [-0.39, 0.29) is 22.3 Å². The van der Waals surface area contributed by atoms with Crippen LogP contribution < -0.4 is 19.6 Å². The summed E-state index contributed by atoms with van der Waals surface area (Å²) in [5.41, 5.74) is 5.58. The lowest BCUT2D eigenvalue weighted by atomic mass is 9.83. The average molecular weight is 596 g/mol. The molecule has 42 heavy (non-hydrogen) atoms. The van der Waals surface area contributed by atoms with Gasteiger partial charge < -0.3 is 9.15 Å². The number of non-ortho nitro benzene ring substituents is 1. The van der Waals surface area contributed by atoms with E-state index in [2.05, 4.69) is 12.1 Å². The summed E-state index contributed by atoms with van der Waals surface area (Å²) in [6.45, 7) is 0. The number of allylic oxidation sites excluding steroid dienone is 1. The van der Waals surface area contributed by atoms with Crippen molar-refractivity contribution < 1.29 is 14.1 Å². The van der Waals surface area contributed by atoms with Gasteiger partial charge in [-0.3, -0.25) is 19.5 Å². The third-order valence-corrected chi connectivity index (χ3v) is 8.91. The van der Waals surface area contributed by atoms with Crippen LogP contribution in [-0.2, 0) is 6.42 Å². The van der Waals surface area contributed by atoms with Crippen LogP contribution in [0.5, 0.6) is 5.75 Å². The summed E-state index contributed by atoms with van der Waals surface area (Å²) in [5.74, 6) is 1.62. The van der Waals surface area contributed by atoms with E-state index in [1.54, 1.807) is 36.0 Å². The first-order valence-electron chi connectivity index (χ1n) is 13.2. The first-order chi connectivity index (χ1) is 20.4. The molecular formula is C32H22ClN3O5S. The number of halogens is 1. The minimum Gasteiger partial charge on any atom is -0.497 e. The number of nitrogens with zero attached hydrogens (tertiary/aromatic N) is 3. The highest BCUT2D eigenvalue weighted by Gasteiger charge is 2.32. The fraction of sp³-hybridized carbons (Fsp3) is 0.125. The van der Waals surface area contributed by atoms with E-state index >= 15 is 0 Å². The zero-order chi connectivity index (χ0) is 29.0. The Bertz CT molecular complexity index is 2120. The number of rotatable bonds is 5. The van der Waals surface area contributed by atoms with Gasteiger partial charge in [0.1, 0.15) is 17.3 Å². The van der Waals surface area contributed by atoms with Gasteiger partial charge in [0.05, 0.1) is 33.3 Å². The van der Waals surface area contributed by atoms with Crippen molar-refractivity contribution in [2.24, 2.45) is 4.99 Å². The van der Waals surface area contributed by atoms with Gasteiger partial charge in [-0.05, 0) is 59.9 Å². The number of benzene rings is 3. The second kappa shape index (κ2) is 10.3. The predicted molar refractivity (Wildman–Crippen MR) is 162 cm³/mol. The zero-order valence-electron chi connectivity index (χ0n) is 22.2. The van der Waals surface area contributed by atoms with Gasteiger partial charge in [-0.2, -0.15) is 0 Å². The monoisotopic (exact) mass is 595 g/mol. The van der Waals surface area contributed by atoms with Gasteiger partial charge in [0, 0.05) is 29.3 Å². The molecule has 3 aromatic carbocycles. The van der Waals surface area contributed by atoms with E-state index in [1.807, 2.05) is 36.4 Å². The summed E-state index contributed by atoms with van der Waals surface area (Å²) in [6, 6.07) is 23.5. The van der Waals surface area contributed by atoms with Crippen molar-refractivity contribution in [2.75, 3.05) is 7.11 Å². The molecule has 1 aliphatic carbocycles. The van der Waals surface area contributed by atoms with Crippen molar-refractivity contribution >= 4 is 40.4 Å². The number of fused-ring (bicyclic) bond motifs is 3. The summed E-state index contributed by atoms with van der Waals surface area (Å²) in [5, 5.41) is 11.3. The Kier molecular flexibility index (Phi) is 6.41. The highest BCUT2D eigenvalue weighted by molar-refractivity contribution is 7.07. The second-order valence-electron chi connectivity index (χ2n) is 10.0. The minimum absolute atomic E-state index is 0.104. The van der Waals surface area contributed by atoms with E-state index < -0.39 is 4.92 Å². The molecule has 0 fully saturated rings. The normalized spacial score (nSPS) is 16.0. The van der Waals surface area contributed by atoms with Crippen LogP contribution in [0.1, 0.15) is 34.9 Å². The van der Waals surface area contributed by atoms with Gasteiger partial charge in [0.25, 0.3) is 11.2 Å². The standard InChI is InChI=1S/C32H22ClN3O5S/c1-40-21-7-4-6-19(15-21)30-25-12-9-18-5-2-3-8-23(18)29(25)34-32-35(30)31(37)28(42-32)17-22-11-14-27(41-22)24-13-10-20(36(38)39)16-26(24)33/h2-8,10-11,13-17,30H,9,12H2,1H3/b28-17+/t30-/m1/s1.